The van der Waals surface area contributed by atoms with Gasteiger partial charge in [-0.3, -0.25) is 14.3 Å². The lowest BCUT2D eigenvalue weighted by Crippen LogP contribution is -2.22. The van der Waals surface area contributed by atoms with Crippen LogP contribution in [0, 0.1) is 0 Å². The van der Waals surface area contributed by atoms with E-state index in [0.717, 1.165) is 12.0 Å². The van der Waals surface area contributed by atoms with Crippen LogP contribution in [-0.2, 0) is 13.5 Å². The van der Waals surface area contributed by atoms with E-state index in [9.17, 15) is 4.79 Å². The van der Waals surface area contributed by atoms with Crippen LogP contribution in [0.4, 0.5) is 5.95 Å². The summed E-state index contributed by atoms with van der Waals surface area (Å²) in [6.07, 6.45) is 4.25. The lowest BCUT2D eigenvalue weighted by Gasteiger charge is -2.11. The van der Waals surface area contributed by atoms with Gasteiger partial charge in [-0.15, -0.1) is 0 Å². The van der Waals surface area contributed by atoms with E-state index in [2.05, 4.69) is 27.4 Å². The largest absolute Gasteiger partial charge is 0.355 e. The molecule has 1 aromatic carbocycles. The molecule has 5 nitrogen and oxygen atoms in total. The van der Waals surface area contributed by atoms with E-state index in [4.69, 9.17) is 0 Å². The van der Waals surface area contributed by atoms with Crippen molar-refractivity contribution in [3.05, 3.63) is 76.8 Å². The van der Waals surface area contributed by atoms with Crippen molar-refractivity contribution in [1.29, 1.82) is 0 Å². The molecule has 0 atom stereocenters. The molecule has 0 aliphatic heterocycles. The zero-order chi connectivity index (χ0) is 16.1. The number of aromatic nitrogens is 3. The minimum absolute atomic E-state index is 0.0889. The van der Waals surface area contributed by atoms with E-state index in [-0.39, 0.29) is 5.56 Å². The zero-order valence-corrected chi connectivity index (χ0v) is 12.9. The second kappa shape index (κ2) is 6.87. The van der Waals surface area contributed by atoms with E-state index < -0.39 is 0 Å². The summed E-state index contributed by atoms with van der Waals surface area (Å²) in [4.78, 5) is 20.7. The van der Waals surface area contributed by atoms with E-state index in [1.165, 1.54) is 16.2 Å². The lowest BCUT2D eigenvalue weighted by atomic mass is 10.1. The van der Waals surface area contributed by atoms with Crippen molar-refractivity contribution in [2.24, 2.45) is 7.05 Å². The van der Waals surface area contributed by atoms with Crippen LogP contribution in [0.15, 0.2) is 65.7 Å². The molecule has 116 valence electrons. The predicted molar refractivity (Wildman–Crippen MR) is 91.3 cm³/mol. The third kappa shape index (κ3) is 3.63. The van der Waals surface area contributed by atoms with Crippen LogP contribution in [0.3, 0.4) is 0 Å². The molecule has 2 heterocycles. The molecule has 0 bridgehead atoms. The van der Waals surface area contributed by atoms with Gasteiger partial charge < -0.3 is 5.32 Å². The van der Waals surface area contributed by atoms with Crippen molar-refractivity contribution in [3.8, 4) is 11.3 Å². The Morgan fingerprint density at radius 3 is 2.57 bits per heavy atom. The van der Waals surface area contributed by atoms with Gasteiger partial charge in [0.15, 0.2) is 0 Å². The van der Waals surface area contributed by atoms with Crippen molar-refractivity contribution >= 4 is 5.95 Å². The van der Waals surface area contributed by atoms with Gasteiger partial charge in [-0.1, -0.05) is 30.3 Å². The van der Waals surface area contributed by atoms with Crippen molar-refractivity contribution in [1.82, 2.24) is 14.5 Å². The summed E-state index contributed by atoms with van der Waals surface area (Å²) >= 11 is 0. The molecule has 0 radical (unpaired) electrons. The highest BCUT2D eigenvalue weighted by atomic mass is 16.1. The maximum absolute atomic E-state index is 12.1. The van der Waals surface area contributed by atoms with Crippen LogP contribution in [-0.4, -0.2) is 21.1 Å². The van der Waals surface area contributed by atoms with Crippen LogP contribution in [0.5, 0.6) is 0 Å². The summed E-state index contributed by atoms with van der Waals surface area (Å²) in [6, 6.07) is 15.4. The molecule has 23 heavy (non-hydrogen) atoms. The standard InChI is InChI=1S/C18H18N4O/c1-22-17(23)13-16(15-8-10-19-11-9-15)21-18(22)20-12-7-14-5-3-2-4-6-14/h2-6,8-11,13H,7,12H2,1H3,(H,20,21). The second-order valence-corrected chi connectivity index (χ2v) is 5.26. The fourth-order valence-electron chi connectivity index (χ4n) is 2.33. The molecule has 3 rings (SSSR count). The van der Waals surface area contributed by atoms with Crippen molar-refractivity contribution in [3.63, 3.8) is 0 Å². The van der Waals surface area contributed by atoms with Crippen molar-refractivity contribution in [2.75, 3.05) is 11.9 Å². The highest BCUT2D eigenvalue weighted by Gasteiger charge is 2.07. The molecule has 0 unspecified atom stereocenters. The number of nitrogens with one attached hydrogen (secondary N) is 1. The van der Waals surface area contributed by atoms with Gasteiger partial charge in [-0.25, -0.2) is 4.98 Å². The van der Waals surface area contributed by atoms with E-state index in [0.29, 0.717) is 18.2 Å². The molecular formula is C18H18N4O. The Kier molecular flexibility index (Phi) is 4.47. The Balaban J connectivity index is 1.79. The minimum atomic E-state index is -0.0889. The Morgan fingerprint density at radius 1 is 1.09 bits per heavy atom. The third-order valence-electron chi connectivity index (χ3n) is 3.65. The molecule has 0 fully saturated rings. The molecule has 0 saturated carbocycles. The van der Waals surface area contributed by atoms with Gasteiger partial charge in [0, 0.05) is 37.6 Å². The molecule has 0 amide bonds. The van der Waals surface area contributed by atoms with Crippen LogP contribution in [0.25, 0.3) is 11.3 Å². The van der Waals surface area contributed by atoms with Gasteiger partial charge in [-0.05, 0) is 24.1 Å². The molecule has 5 heteroatoms. The Labute approximate surface area is 134 Å². The highest BCUT2D eigenvalue weighted by molar-refractivity contribution is 5.59. The number of rotatable bonds is 5. The number of pyridine rings is 1. The molecule has 0 saturated heterocycles. The number of hydrogen-bond acceptors (Lipinski definition) is 4. The summed E-state index contributed by atoms with van der Waals surface area (Å²) < 4.78 is 1.52. The average Bonchev–Trinajstić information content (AvgIpc) is 2.60. The number of nitrogens with zero attached hydrogens (tertiary/aromatic N) is 3. The number of hydrogen-bond donors (Lipinski definition) is 1. The van der Waals surface area contributed by atoms with E-state index in [1.807, 2.05) is 30.3 Å². The molecule has 0 aliphatic carbocycles. The predicted octanol–water partition coefficient (Wildman–Crippen LogP) is 2.50. The monoisotopic (exact) mass is 306 g/mol. The highest BCUT2D eigenvalue weighted by Crippen LogP contribution is 2.15. The fourth-order valence-corrected chi connectivity index (χ4v) is 2.33. The van der Waals surface area contributed by atoms with Gasteiger partial charge >= 0.3 is 0 Å². The smallest absolute Gasteiger partial charge is 0.255 e. The Bertz CT molecular complexity index is 829. The van der Waals surface area contributed by atoms with Gasteiger partial charge in [-0.2, -0.15) is 0 Å². The van der Waals surface area contributed by atoms with Gasteiger partial charge in [0.1, 0.15) is 0 Å². The number of anilines is 1. The molecule has 0 spiro atoms. The summed E-state index contributed by atoms with van der Waals surface area (Å²) in [5.74, 6) is 0.570. The first-order chi connectivity index (χ1) is 11.2. The van der Waals surface area contributed by atoms with Crippen LogP contribution < -0.4 is 10.9 Å². The first-order valence-electron chi connectivity index (χ1n) is 7.50. The summed E-state index contributed by atoms with van der Waals surface area (Å²) in [5, 5.41) is 3.25. The molecular weight excluding hydrogens is 288 g/mol. The molecule has 1 N–H and O–H groups in total. The summed E-state index contributed by atoms with van der Waals surface area (Å²) in [7, 11) is 1.72. The quantitative estimate of drug-likeness (QED) is 0.787. The first-order valence-corrected chi connectivity index (χ1v) is 7.50. The second-order valence-electron chi connectivity index (χ2n) is 5.26. The maximum atomic E-state index is 12.1. The minimum Gasteiger partial charge on any atom is -0.355 e. The van der Waals surface area contributed by atoms with Gasteiger partial charge in [0.25, 0.3) is 5.56 Å². The van der Waals surface area contributed by atoms with Crippen molar-refractivity contribution in [2.45, 2.75) is 6.42 Å². The molecule has 0 aliphatic rings. The normalized spacial score (nSPS) is 10.5. The average molecular weight is 306 g/mol. The van der Waals surface area contributed by atoms with Crippen LogP contribution in [0.2, 0.25) is 0 Å². The zero-order valence-electron chi connectivity index (χ0n) is 12.9. The van der Waals surface area contributed by atoms with Crippen LogP contribution >= 0.6 is 0 Å². The van der Waals surface area contributed by atoms with E-state index in [1.54, 1.807) is 19.4 Å². The fraction of sp³-hybridized carbons (Fsp3) is 0.167. The molecule has 2 aromatic heterocycles. The first kappa shape index (κ1) is 15.0. The van der Waals surface area contributed by atoms with E-state index >= 15 is 0 Å². The third-order valence-corrected chi connectivity index (χ3v) is 3.65. The number of benzene rings is 1. The molecule has 3 aromatic rings. The maximum Gasteiger partial charge on any atom is 0.255 e. The Hall–Kier alpha value is -2.95. The lowest BCUT2D eigenvalue weighted by molar-refractivity contribution is 0.819. The van der Waals surface area contributed by atoms with Crippen LogP contribution in [0.1, 0.15) is 5.56 Å². The van der Waals surface area contributed by atoms with Gasteiger partial charge in [0.2, 0.25) is 5.95 Å². The van der Waals surface area contributed by atoms with Gasteiger partial charge in [0.05, 0.1) is 5.69 Å². The summed E-state index contributed by atoms with van der Waals surface area (Å²) in [5.41, 5.74) is 2.69. The topological polar surface area (TPSA) is 59.8 Å². The Morgan fingerprint density at radius 2 is 1.83 bits per heavy atom. The summed E-state index contributed by atoms with van der Waals surface area (Å²) in [6.45, 7) is 0.712. The van der Waals surface area contributed by atoms with Crippen molar-refractivity contribution < 1.29 is 0 Å². The SMILES string of the molecule is Cn1c(NCCc2ccccc2)nc(-c2ccncc2)cc1=O.